The van der Waals surface area contributed by atoms with Gasteiger partial charge in [-0.05, 0) is 53.1 Å². The number of rotatable bonds is 3. The average molecular weight is 234 g/mol. The van der Waals surface area contributed by atoms with Crippen LogP contribution >= 0.6 is 0 Å². The van der Waals surface area contributed by atoms with Crippen LogP contribution in [0.4, 0.5) is 0 Å². The van der Waals surface area contributed by atoms with E-state index in [0.717, 1.165) is 19.5 Å². The lowest BCUT2D eigenvalue weighted by molar-refractivity contribution is 0.437. The Kier molecular flexibility index (Phi) is 3.79. The molecule has 15 heavy (non-hydrogen) atoms. The molecule has 2 N–H and O–H groups in total. The molecule has 5 heteroatoms. The van der Waals surface area contributed by atoms with E-state index in [4.69, 9.17) is 0 Å². The Morgan fingerprint density at radius 3 is 2.40 bits per heavy atom. The van der Waals surface area contributed by atoms with Crippen molar-refractivity contribution >= 4 is 10.0 Å². The van der Waals surface area contributed by atoms with E-state index in [2.05, 4.69) is 10.0 Å². The molecular weight excluding hydrogens is 212 g/mol. The molecule has 0 saturated carbocycles. The van der Waals surface area contributed by atoms with Gasteiger partial charge in [-0.15, -0.1) is 0 Å². The lowest BCUT2D eigenvalue weighted by Gasteiger charge is -2.26. The molecule has 0 aliphatic carbocycles. The van der Waals surface area contributed by atoms with Crippen molar-refractivity contribution in [3.8, 4) is 0 Å². The lowest BCUT2D eigenvalue weighted by Crippen LogP contribution is -2.46. The van der Waals surface area contributed by atoms with E-state index in [-0.39, 0.29) is 6.04 Å². The van der Waals surface area contributed by atoms with Crippen LogP contribution in [0.5, 0.6) is 0 Å². The third kappa shape index (κ3) is 3.16. The fourth-order valence-electron chi connectivity index (χ4n) is 1.62. The van der Waals surface area contributed by atoms with Crippen LogP contribution in [0.3, 0.4) is 0 Å². The summed E-state index contributed by atoms with van der Waals surface area (Å²) in [5.74, 6) is 0.419. The molecule has 0 aromatic carbocycles. The van der Waals surface area contributed by atoms with Gasteiger partial charge < -0.3 is 5.32 Å². The first-order chi connectivity index (χ1) is 6.74. The molecule has 1 aliphatic rings. The minimum absolute atomic E-state index is 0.0178. The molecule has 1 saturated heterocycles. The quantitative estimate of drug-likeness (QED) is 0.756. The first-order valence-electron chi connectivity index (χ1n) is 5.46. The Labute approximate surface area is 92.9 Å². The van der Waals surface area contributed by atoms with E-state index < -0.39 is 14.8 Å². The van der Waals surface area contributed by atoms with Gasteiger partial charge in [0, 0.05) is 6.04 Å². The van der Waals surface area contributed by atoms with Gasteiger partial charge in [0.25, 0.3) is 0 Å². The number of hydrogen-bond acceptors (Lipinski definition) is 3. The monoisotopic (exact) mass is 234 g/mol. The highest BCUT2D eigenvalue weighted by molar-refractivity contribution is 7.90. The lowest BCUT2D eigenvalue weighted by atomic mass is 10.0. The Hall–Kier alpha value is -0.130. The molecule has 0 radical (unpaired) electrons. The molecule has 2 unspecified atom stereocenters. The minimum atomic E-state index is -3.21. The van der Waals surface area contributed by atoms with Crippen molar-refractivity contribution in [3.63, 3.8) is 0 Å². The van der Waals surface area contributed by atoms with Crippen LogP contribution in [0.15, 0.2) is 0 Å². The molecular formula is C10H22N2O2S. The molecule has 90 valence electrons. The van der Waals surface area contributed by atoms with Crippen molar-refractivity contribution in [3.05, 3.63) is 0 Å². The van der Waals surface area contributed by atoms with E-state index >= 15 is 0 Å². The molecule has 0 aromatic heterocycles. The average Bonchev–Trinajstić information content (AvgIpc) is 2.51. The van der Waals surface area contributed by atoms with Crippen LogP contribution in [-0.2, 0) is 10.0 Å². The van der Waals surface area contributed by atoms with Crippen molar-refractivity contribution in [2.24, 2.45) is 5.92 Å². The normalized spacial score (nSPS) is 25.5. The van der Waals surface area contributed by atoms with Crippen molar-refractivity contribution in [1.29, 1.82) is 0 Å². The molecule has 1 aliphatic heterocycles. The molecule has 1 heterocycles. The van der Waals surface area contributed by atoms with Gasteiger partial charge in [0.1, 0.15) is 0 Å². The van der Waals surface area contributed by atoms with Crippen molar-refractivity contribution < 1.29 is 8.42 Å². The largest absolute Gasteiger partial charge is 0.316 e. The fourth-order valence-corrected chi connectivity index (χ4v) is 2.66. The fraction of sp³-hybridized carbons (Fsp3) is 1.00. The first-order valence-corrected chi connectivity index (χ1v) is 6.95. The van der Waals surface area contributed by atoms with Gasteiger partial charge in [-0.1, -0.05) is 0 Å². The predicted octanol–water partition coefficient (Wildman–Crippen LogP) is 0.702. The Balaban J connectivity index is 2.61. The summed E-state index contributed by atoms with van der Waals surface area (Å²) >= 11 is 0. The second-order valence-electron chi connectivity index (χ2n) is 5.28. The van der Waals surface area contributed by atoms with Crippen LogP contribution in [-0.4, -0.2) is 32.3 Å². The third-order valence-corrected chi connectivity index (χ3v) is 5.25. The molecule has 2 atom stereocenters. The summed E-state index contributed by atoms with van der Waals surface area (Å²) < 4.78 is 25.8. The van der Waals surface area contributed by atoms with Crippen LogP contribution < -0.4 is 10.0 Å². The molecule has 1 fully saturated rings. The summed E-state index contributed by atoms with van der Waals surface area (Å²) in [6, 6.07) is 0.0178. The van der Waals surface area contributed by atoms with Gasteiger partial charge >= 0.3 is 0 Å². The van der Waals surface area contributed by atoms with Gasteiger partial charge in [0.15, 0.2) is 0 Å². The SMILES string of the molecule is CC(NS(=O)(=O)C(C)(C)C)C1CCNC1. The minimum Gasteiger partial charge on any atom is -0.316 e. The molecule has 4 nitrogen and oxygen atoms in total. The standard InChI is InChI=1S/C10H22N2O2S/c1-8(9-5-6-11-7-9)12-15(13,14)10(2,3)4/h8-9,11-12H,5-7H2,1-4H3. The highest BCUT2D eigenvalue weighted by Gasteiger charge is 2.32. The zero-order valence-electron chi connectivity index (χ0n) is 10.0. The Morgan fingerprint density at radius 1 is 1.40 bits per heavy atom. The van der Waals surface area contributed by atoms with Crippen molar-refractivity contribution in [1.82, 2.24) is 10.0 Å². The summed E-state index contributed by atoms with van der Waals surface area (Å²) in [4.78, 5) is 0. The number of nitrogens with one attached hydrogen (secondary N) is 2. The van der Waals surface area contributed by atoms with Crippen molar-refractivity contribution in [2.75, 3.05) is 13.1 Å². The second-order valence-corrected chi connectivity index (χ2v) is 7.74. The summed E-state index contributed by atoms with van der Waals surface area (Å²) in [5, 5.41) is 3.24. The summed E-state index contributed by atoms with van der Waals surface area (Å²) in [6.07, 6.45) is 1.05. The summed E-state index contributed by atoms with van der Waals surface area (Å²) in [6.45, 7) is 9.00. The topological polar surface area (TPSA) is 58.2 Å². The first kappa shape index (κ1) is 12.9. The van der Waals surface area contributed by atoms with Crippen molar-refractivity contribution in [2.45, 2.75) is 44.9 Å². The smallest absolute Gasteiger partial charge is 0.216 e. The van der Waals surface area contributed by atoms with Crippen LogP contribution in [0.25, 0.3) is 0 Å². The maximum Gasteiger partial charge on any atom is 0.216 e. The van der Waals surface area contributed by atoms with Gasteiger partial charge in [-0.2, -0.15) is 0 Å². The molecule has 0 spiro atoms. The van der Waals surface area contributed by atoms with Gasteiger partial charge in [-0.25, -0.2) is 13.1 Å². The maximum atomic E-state index is 11.9. The Bertz CT molecular complexity index is 300. The zero-order chi connectivity index (χ0) is 11.7. The van der Waals surface area contributed by atoms with E-state index in [1.807, 2.05) is 6.92 Å². The predicted molar refractivity (Wildman–Crippen MR) is 62.2 cm³/mol. The molecule has 0 amide bonds. The second kappa shape index (κ2) is 4.39. The van der Waals surface area contributed by atoms with Gasteiger partial charge in [-0.3, -0.25) is 0 Å². The molecule has 0 bridgehead atoms. The highest BCUT2D eigenvalue weighted by atomic mass is 32.2. The van der Waals surface area contributed by atoms with E-state index in [1.165, 1.54) is 0 Å². The third-order valence-electron chi connectivity index (χ3n) is 2.95. The molecule has 0 aromatic rings. The van der Waals surface area contributed by atoms with Crippen LogP contribution in [0.1, 0.15) is 34.1 Å². The summed E-state index contributed by atoms with van der Waals surface area (Å²) in [7, 11) is -3.21. The maximum absolute atomic E-state index is 11.9. The molecule has 1 rings (SSSR count). The van der Waals surface area contributed by atoms with E-state index in [0.29, 0.717) is 5.92 Å². The van der Waals surface area contributed by atoms with Crippen LogP contribution in [0, 0.1) is 5.92 Å². The summed E-state index contributed by atoms with van der Waals surface area (Å²) in [5.41, 5.74) is 0. The van der Waals surface area contributed by atoms with E-state index in [9.17, 15) is 8.42 Å². The van der Waals surface area contributed by atoms with E-state index in [1.54, 1.807) is 20.8 Å². The van der Waals surface area contributed by atoms with Crippen LogP contribution in [0.2, 0.25) is 0 Å². The van der Waals surface area contributed by atoms with Gasteiger partial charge in [0.05, 0.1) is 4.75 Å². The van der Waals surface area contributed by atoms with Gasteiger partial charge in [0.2, 0.25) is 10.0 Å². The zero-order valence-corrected chi connectivity index (χ0v) is 10.8. The number of sulfonamides is 1. The number of hydrogen-bond donors (Lipinski definition) is 2. The Morgan fingerprint density at radius 2 is 2.00 bits per heavy atom. The highest BCUT2D eigenvalue weighted by Crippen LogP contribution is 2.18.